The maximum atomic E-state index is 10.3. The molecule has 31 heavy (non-hydrogen) atoms. The largest absolute Gasteiger partial charge is 1.00 e. The predicted octanol–water partition coefficient (Wildman–Crippen LogP) is -1.35. The van der Waals surface area contributed by atoms with E-state index in [0.717, 1.165) is 9.59 Å². The van der Waals surface area contributed by atoms with Crippen LogP contribution < -0.4 is 14.8 Å². The molecule has 0 atom stereocenters. The summed E-state index contributed by atoms with van der Waals surface area (Å²) in [6, 6.07) is 0. The van der Waals surface area contributed by atoms with Crippen LogP contribution in [-0.4, -0.2) is 67.5 Å². The van der Waals surface area contributed by atoms with Crippen LogP contribution in [0.25, 0.3) is 17.0 Å². The van der Waals surface area contributed by atoms with Gasteiger partial charge in [0, 0.05) is 16.5 Å². The fourth-order valence-electron chi connectivity index (χ4n) is 1.75. The molecular weight excluding hydrogens is 422 g/mol. The number of aromatic amines is 1. The van der Waals surface area contributed by atoms with E-state index in [1.807, 2.05) is 0 Å². The van der Waals surface area contributed by atoms with Gasteiger partial charge < -0.3 is 35.2 Å². The number of quaternary nitrogens is 1. The van der Waals surface area contributed by atoms with Gasteiger partial charge in [-0.3, -0.25) is 4.79 Å². The molecule has 2 aromatic heterocycles. The van der Waals surface area contributed by atoms with Crippen molar-refractivity contribution in [2.75, 3.05) is 19.6 Å². The zero-order chi connectivity index (χ0) is 23.1. The summed E-state index contributed by atoms with van der Waals surface area (Å²) in [4.78, 5) is 17.7. The second kappa shape index (κ2) is 13.6. The Balaban J connectivity index is 0. The van der Waals surface area contributed by atoms with Gasteiger partial charge in [0.25, 0.3) is 0 Å². The van der Waals surface area contributed by atoms with Crippen molar-refractivity contribution in [2.24, 2.45) is 20.7 Å². The Labute approximate surface area is 176 Å². The van der Waals surface area contributed by atoms with Crippen molar-refractivity contribution < 1.29 is 36.6 Å². The highest BCUT2D eigenvalue weighted by Gasteiger charge is 2.15. The molecule has 0 spiro atoms. The summed E-state index contributed by atoms with van der Waals surface area (Å²) in [5.41, 5.74) is 16.4. The van der Waals surface area contributed by atoms with Gasteiger partial charge >= 0.3 is 13.3 Å². The van der Waals surface area contributed by atoms with Crippen LogP contribution in [0.3, 0.4) is 0 Å². The first-order valence-corrected chi connectivity index (χ1v) is 8.45. The van der Waals surface area contributed by atoms with Gasteiger partial charge in [0.1, 0.15) is 0 Å². The lowest BCUT2D eigenvalue weighted by Gasteiger charge is -2.14. The molecule has 0 aromatic carbocycles. The summed E-state index contributed by atoms with van der Waals surface area (Å²) < 4.78 is 4.11. The van der Waals surface area contributed by atoms with E-state index in [0.29, 0.717) is 0 Å². The predicted molar refractivity (Wildman–Crippen MR) is 92.4 cm³/mol. The van der Waals surface area contributed by atoms with E-state index in [2.05, 4.69) is 92.8 Å². The molecular formula is C10H22N17O4+. The molecule has 1 saturated heterocycles. The normalized spacial score (nSPS) is 13.2. The Morgan fingerprint density at radius 2 is 1.87 bits per heavy atom. The molecule has 2 aliphatic heterocycles. The minimum Gasteiger partial charge on any atom is -0.526 e. The Morgan fingerprint density at radius 3 is 2.26 bits per heavy atom. The second-order valence-electron chi connectivity index (χ2n) is 4.86. The number of tetrazole rings is 1. The molecule has 4 N–H and O–H groups in total. The number of nitrogens with one attached hydrogen (secondary N) is 4. The fourth-order valence-corrected chi connectivity index (χ4v) is 1.75. The first-order valence-electron chi connectivity index (χ1n) is 8.45. The van der Waals surface area contributed by atoms with E-state index in [1.54, 1.807) is 4.90 Å². The average Bonchev–Trinajstić information content (AvgIpc) is 3.59. The third kappa shape index (κ3) is 8.14. The number of amides is 1. The van der Waals surface area contributed by atoms with Crippen LogP contribution >= 0.6 is 0 Å². The van der Waals surface area contributed by atoms with Crippen molar-refractivity contribution in [3.05, 3.63) is 11.0 Å². The number of aromatic nitrogens is 7. The lowest BCUT2D eigenvalue weighted by atomic mass is 10.5. The van der Waals surface area contributed by atoms with E-state index in [1.165, 1.54) is 19.6 Å². The fraction of sp³-hybridized carbons (Fsp3) is 0.600. The monoisotopic (exact) mass is 444 g/mol. The van der Waals surface area contributed by atoms with Crippen molar-refractivity contribution in [3.8, 4) is 12.0 Å². The molecule has 0 radical (unpaired) electrons. The summed E-state index contributed by atoms with van der Waals surface area (Å²) in [5, 5.41) is 42.2. The molecule has 2 aromatic rings. The minimum atomic E-state index is -0.824. The number of H-pyrrole nitrogens is 1. The van der Waals surface area contributed by atoms with Crippen LogP contribution in [0, 0.1) is 11.1 Å². The number of hydrogen-bond donors (Lipinski definition) is 4. The minimum absolute atomic E-state index is 0. The highest BCUT2D eigenvalue weighted by Crippen LogP contribution is 2.15. The SMILES string of the molecule is CC[NH+](CC)CC.N=N.O=C1[N-][N+](=C2N=NN=N2)[N-]O1.[H+].[HH].[O-]c1n[n+](-c2nn[nH]n2)no1. The number of rotatable bonds is 4. The summed E-state index contributed by atoms with van der Waals surface area (Å²) in [7, 11) is 0. The lowest BCUT2D eigenvalue weighted by molar-refractivity contribution is -0.894. The number of guanidine groups is 1. The van der Waals surface area contributed by atoms with Crippen LogP contribution in [0.2, 0.25) is 0 Å². The average molecular weight is 444 g/mol. The summed E-state index contributed by atoms with van der Waals surface area (Å²) in [5.74, 6) is 0.0479. The van der Waals surface area contributed by atoms with E-state index < -0.39 is 12.2 Å². The third-order valence-corrected chi connectivity index (χ3v) is 3.25. The molecule has 21 nitrogen and oxygen atoms in total. The van der Waals surface area contributed by atoms with Crippen molar-refractivity contribution in [1.29, 1.82) is 11.1 Å². The zero-order valence-electron chi connectivity index (χ0n) is 17.6. The molecule has 0 bridgehead atoms. The Morgan fingerprint density at radius 1 is 1.23 bits per heavy atom. The van der Waals surface area contributed by atoms with Gasteiger partial charge in [0.05, 0.1) is 45.4 Å². The Bertz CT molecular complexity index is 863. The molecule has 170 valence electrons. The van der Waals surface area contributed by atoms with Crippen molar-refractivity contribution >= 4 is 12.1 Å². The molecule has 0 unspecified atom stereocenters. The van der Waals surface area contributed by atoms with Gasteiger partial charge in [0.2, 0.25) is 12.2 Å². The molecule has 1 fully saturated rings. The first-order chi connectivity index (χ1) is 15.1. The van der Waals surface area contributed by atoms with E-state index >= 15 is 0 Å². The molecule has 0 aliphatic carbocycles. The molecule has 1 amide bonds. The maximum absolute atomic E-state index is 10.3. The number of hydrogen-bond acceptors (Lipinski definition) is 13. The summed E-state index contributed by atoms with van der Waals surface area (Å²) in [6.07, 6.45) is -1.63. The van der Waals surface area contributed by atoms with Gasteiger partial charge in [-0.2, -0.15) is 0 Å². The van der Waals surface area contributed by atoms with Crippen LogP contribution in [0.15, 0.2) is 25.2 Å². The number of nitrogens with zero attached hydrogens (tertiary/aromatic N) is 13. The highest BCUT2D eigenvalue weighted by molar-refractivity contribution is 5.84. The van der Waals surface area contributed by atoms with Crippen LogP contribution in [0.5, 0.6) is 6.08 Å². The Hall–Kier alpha value is -4.56. The molecule has 4 rings (SSSR count). The highest BCUT2D eigenvalue weighted by atomic mass is 16.8. The van der Waals surface area contributed by atoms with E-state index in [9.17, 15) is 9.90 Å². The third-order valence-electron chi connectivity index (χ3n) is 3.25. The van der Waals surface area contributed by atoms with Gasteiger partial charge in [-0.15, -0.1) is 0 Å². The van der Waals surface area contributed by atoms with Gasteiger partial charge in [0.15, 0.2) is 0 Å². The quantitative estimate of drug-likeness (QED) is 0.319. The number of carbonyl (C=O) groups excluding carboxylic acids is 1. The van der Waals surface area contributed by atoms with Crippen molar-refractivity contribution in [2.45, 2.75) is 20.8 Å². The van der Waals surface area contributed by atoms with E-state index in [4.69, 9.17) is 11.1 Å². The Kier molecular flexibility index (Phi) is 10.7. The first kappa shape index (κ1) is 24.5. The van der Waals surface area contributed by atoms with Gasteiger partial charge in [-0.25, -0.2) is 11.1 Å². The maximum Gasteiger partial charge on any atom is 1.00 e. The summed E-state index contributed by atoms with van der Waals surface area (Å²) in [6.45, 7) is 10.5. The van der Waals surface area contributed by atoms with Crippen LogP contribution in [0.4, 0.5) is 4.79 Å². The summed E-state index contributed by atoms with van der Waals surface area (Å²) >= 11 is 0. The standard InChI is InChI=1S/C6H15N.C2HN7O2.C2N7O2.H2N2.H2/c1-4-7(5-2)6-3;2*10-2-5-9(8-11-2)1-3-6-7-4-1;1-2;/h4-6H2,1-3H3;(H-,3,4,5,6,7,8,10);;1-2H;1H/q;;-1;;/p+2. The van der Waals surface area contributed by atoms with Crippen molar-refractivity contribution in [1.82, 2.24) is 31.0 Å². The van der Waals surface area contributed by atoms with Crippen molar-refractivity contribution in [3.63, 3.8) is 0 Å². The molecule has 0 saturated carbocycles. The van der Waals surface area contributed by atoms with Gasteiger partial charge in [-0.05, 0) is 26.0 Å². The smallest absolute Gasteiger partial charge is 0.526 e. The molecule has 4 heterocycles. The number of carbonyl (C=O) groups is 1. The van der Waals surface area contributed by atoms with Crippen LogP contribution in [0.1, 0.15) is 23.6 Å². The van der Waals surface area contributed by atoms with Gasteiger partial charge in [-0.1, -0.05) is 10.3 Å². The lowest BCUT2D eigenvalue weighted by Crippen LogP contribution is -3.11. The van der Waals surface area contributed by atoms with E-state index in [-0.39, 0.29) is 14.8 Å². The zero-order valence-corrected chi connectivity index (χ0v) is 16.6. The second-order valence-corrected chi connectivity index (χ2v) is 4.86. The topological polar surface area (TPSA) is 279 Å². The van der Waals surface area contributed by atoms with Crippen LogP contribution in [-0.2, 0) is 4.84 Å². The molecule has 21 heteroatoms. The molecule has 2 aliphatic rings.